The lowest BCUT2D eigenvalue weighted by Crippen LogP contribution is -2.15. The summed E-state index contributed by atoms with van der Waals surface area (Å²) in [5, 5.41) is 9.58. The molecule has 0 amide bonds. The number of fused-ring (bicyclic) bond motifs is 1. The summed E-state index contributed by atoms with van der Waals surface area (Å²) in [5.74, 6) is 0.512. The molecule has 1 aromatic carbocycles. The van der Waals surface area contributed by atoms with E-state index in [9.17, 15) is 4.79 Å². The maximum Gasteiger partial charge on any atom is 0.258 e. The van der Waals surface area contributed by atoms with Gasteiger partial charge in [-0.3, -0.25) is 13.8 Å². The molecule has 0 fully saturated rings. The van der Waals surface area contributed by atoms with Crippen molar-refractivity contribution in [3.63, 3.8) is 0 Å². The summed E-state index contributed by atoms with van der Waals surface area (Å²) in [6, 6.07) is 11.2. The van der Waals surface area contributed by atoms with Gasteiger partial charge in [-0.2, -0.15) is 0 Å². The molecule has 0 radical (unpaired) electrons. The van der Waals surface area contributed by atoms with Crippen LogP contribution in [0.25, 0.3) is 11.3 Å². The molecule has 27 heavy (non-hydrogen) atoms. The molecule has 0 saturated carbocycles. The molecule has 0 unspecified atom stereocenters. The number of thioether (sulfide) groups is 1. The lowest BCUT2D eigenvalue weighted by atomic mass is 10.2. The van der Waals surface area contributed by atoms with E-state index < -0.39 is 0 Å². The van der Waals surface area contributed by atoms with E-state index in [0.717, 1.165) is 16.8 Å². The fourth-order valence-corrected chi connectivity index (χ4v) is 3.70. The Morgan fingerprint density at radius 2 is 2.00 bits per heavy atom. The second kappa shape index (κ2) is 7.17. The zero-order valence-corrected chi connectivity index (χ0v) is 16.3. The number of aromatic nitrogens is 5. The van der Waals surface area contributed by atoms with E-state index in [1.165, 1.54) is 11.8 Å². The molecule has 0 aliphatic heterocycles. The first-order valence-corrected chi connectivity index (χ1v) is 9.66. The Kier molecular flexibility index (Phi) is 4.72. The van der Waals surface area contributed by atoms with Gasteiger partial charge in [0.25, 0.3) is 5.56 Å². The number of hydrogen-bond acceptors (Lipinski definition) is 5. The summed E-state index contributed by atoms with van der Waals surface area (Å²) in [6.07, 6.45) is 3.44. The van der Waals surface area contributed by atoms with Gasteiger partial charge in [0.15, 0.2) is 5.16 Å². The molecule has 0 spiro atoms. The molecule has 4 rings (SSSR count). The molecule has 8 heteroatoms. The largest absolute Gasteiger partial charge is 0.277 e. The molecule has 3 heterocycles. The maximum atomic E-state index is 12.3. The highest BCUT2D eigenvalue weighted by Gasteiger charge is 2.10. The normalized spacial score (nSPS) is 11.2. The van der Waals surface area contributed by atoms with Crippen molar-refractivity contribution in [1.29, 1.82) is 0 Å². The molecular weight excluding hydrogens is 382 g/mol. The lowest BCUT2D eigenvalue weighted by molar-refractivity contribution is 0.882. The van der Waals surface area contributed by atoms with E-state index in [2.05, 4.69) is 15.2 Å². The number of benzene rings is 1. The van der Waals surface area contributed by atoms with Crippen molar-refractivity contribution in [3.8, 4) is 5.69 Å². The molecule has 0 bridgehead atoms. The molecular formula is C19H16ClN5OS. The third-order valence-electron chi connectivity index (χ3n) is 4.16. The molecule has 6 nitrogen and oxygen atoms in total. The van der Waals surface area contributed by atoms with Gasteiger partial charge in [0.1, 0.15) is 12.0 Å². The zero-order valence-electron chi connectivity index (χ0n) is 14.8. The van der Waals surface area contributed by atoms with Crippen molar-refractivity contribution < 1.29 is 0 Å². The van der Waals surface area contributed by atoms with E-state index in [1.54, 1.807) is 23.0 Å². The number of hydrogen-bond donors (Lipinski definition) is 0. The van der Waals surface area contributed by atoms with Gasteiger partial charge in [0.05, 0.1) is 11.4 Å². The van der Waals surface area contributed by atoms with Crippen LogP contribution in [0.5, 0.6) is 0 Å². The van der Waals surface area contributed by atoms with Crippen molar-refractivity contribution in [1.82, 2.24) is 24.1 Å². The Balaban J connectivity index is 1.61. The number of pyridine rings is 1. The number of halogens is 1. The van der Waals surface area contributed by atoms with Gasteiger partial charge in [-0.15, -0.1) is 10.2 Å². The van der Waals surface area contributed by atoms with Crippen LogP contribution in [0.1, 0.15) is 16.8 Å². The van der Waals surface area contributed by atoms with Crippen LogP contribution in [-0.2, 0) is 5.75 Å². The summed E-state index contributed by atoms with van der Waals surface area (Å²) in [6.45, 7) is 3.90. The SMILES string of the molecule is Cc1ccc2nc(CSc3nncn3-c3ccc(C)c(Cl)c3)cc(=O)n2c1. The fourth-order valence-electron chi connectivity index (χ4n) is 2.70. The topological polar surface area (TPSA) is 65.1 Å². The molecule has 0 saturated heterocycles. The monoisotopic (exact) mass is 397 g/mol. The summed E-state index contributed by atoms with van der Waals surface area (Å²) in [5.41, 5.74) is 4.16. The fraction of sp³-hybridized carbons (Fsp3) is 0.158. The van der Waals surface area contributed by atoms with Crippen molar-refractivity contribution >= 4 is 29.0 Å². The Labute approximate surface area is 164 Å². The van der Waals surface area contributed by atoms with E-state index in [1.807, 2.05) is 48.7 Å². The summed E-state index contributed by atoms with van der Waals surface area (Å²) >= 11 is 7.70. The van der Waals surface area contributed by atoms with Crippen molar-refractivity contribution in [3.05, 3.63) is 81.1 Å². The Morgan fingerprint density at radius 1 is 1.15 bits per heavy atom. The highest BCUT2D eigenvalue weighted by molar-refractivity contribution is 7.98. The smallest absolute Gasteiger partial charge is 0.258 e. The highest BCUT2D eigenvalue weighted by Crippen LogP contribution is 2.25. The van der Waals surface area contributed by atoms with E-state index in [-0.39, 0.29) is 5.56 Å². The molecule has 3 aromatic heterocycles. The van der Waals surface area contributed by atoms with Gasteiger partial charge < -0.3 is 0 Å². The number of rotatable bonds is 4. The minimum absolute atomic E-state index is 0.0916. The Morgan fingerprint density at radius 3 is 2.81 bits per heavy atom. The second-order valence-electron chi connectivity index (χ2n) is 6.23. The third kappa shape index (κ3) is 3.61. The predicted octanol–water partition coefficient (Wildman–Crippen LogP) is 3.84. The molecule has 0 atom stereocenters. The van der Waals surface area contributed by atoms with Gasteiger partial charge in [0.2, 0.25) is 0 Å². The van der Waals surface area contributed by atoms with Crippen LogP contribution in [0.15, 0.2) is 58.9 Å². The quantitative estimate of drug-likeness (QED) is 0.489. The Hall–Kier alpha value is -2.64. The minimum atomic E-state index is -0.0916. The van der Waals surface area contributed by atoms with Crippen LogP contribution < -0.4 is 5.56 Å². The van der Waals surface area contributed by atoms with Crippen LogP contribution in [0.2, 0.25) is 5.02 Å². The maximum absolute atomic E-state index is 12.3. The van der Waals surface area contributed by atoms with E-state index in [0.29, 0.717) is 27.3 Å². The first kappa shape index (κ1) is 17.8. The highest BCUT2D eigenvalue weighted by atomic mass is 35.5. The third-order valence-corrected chi connectivity index (χ3v) is 5.54. The molecule has 0 aliphatic rings. The van der Waals surface area contributed by atoms with Gasteiger partial charge in [-0.05, 0) is 43.2 Å². The van der Waals surface area contributed by atoms with Crippen LogP contribution >= 0.6 is 23.4 Å². The predicted molar refractivity (Wildman–Crippen MR) is 107 cm³/mol. The average molecular weight is 398 g/mol. The van der Waals surface area contributed by atoms with Gasteiger partial charge >= 0.3 is 0 Å². The standard InChI is InChI=1S/C19H16ClN5OS/c1-12-3-6-17-22-14(7-18(26)24(17)9-12)10-27-19-23-21-11-25(19)15-5-4-13(2)16(20)8-15/h3-9,11H,10H2,1-2H3. The molecule has 4 aromatic rings. The second-order valence-corrected chi connectivity index (χ2v) is 7.58. The van der Waals surface area contributed by atoms with Crippen LogP contribution in [0.3, 0.4) is 0 Å². The molecule has 0 N–H and O–H groups in total. The first-order chi connectivity index (χ1) is 13.0. The van der Waals surface area contributed by atoms with Crippen LogP contribution in [-0.4, -0.2) is 24.1 Å². The summed E-state index contributed by atoms with van der Waals surface area (Å²) in [4.78, 5) is 16.9. The molecule has 136 valence electrons. The first-order valence-electron chi connectivity index (χ1n) is 8.29. The minimum Gasteiger partial charge on any atom is -0.277 e. The van der Waals surface area contributed by atoms with Crippen molar-refractivity contribution in [2.24, 2.45) is 0 Å². The lowest BCUT2D eigenvalue weighted by Gasteiger charge is -2.08. The number of aryl methyl sites for hydroxylation is 2. The van der Waals surface area contributed by atoms with E-state index in [4.69, 9.17) is 11.6 Å². The van der Waals surface area contributed by atoms with Crippen LogP contribution in [0, 0.1) is 13.8 Å². The van der Waals surface area contributed by atoms with Gasteiger partial charge in [-0.25, -0.2) is 4.98 Å². The number of nitrogens with zero attached hydrogens (tertiary/aromatic N) is 5. The van der Waals surface area contributed by atoms with Crippen molar-refractivity contribution in [2.45, 2.75) is 24.8 Å². The molecule has 0 aliphatic carbocycles. The van der Waals surface area contributed by atoms with Crippen molar-refractivity contribution in [2.75, 3.05) is 0 Å². The summed E-state index contributed by atoms with van der Waals surface area (Å²) in [7, 11) is 0. The van der Waals surface area contributed by atoms with E-state index >= 15 is 0 Å². The zero-order chi connectivity index (χ0) is 19.0. The van der Waals surface area contributed by atoms with Gasteiger partial charge in [0, 0.05) is 23.0 Å². The van der Waals surface area contributed by atoms with Crippen LogP contribution in [0.4, 0.5) is 0 Å². The average Bonchev–Trinajstić information content (AvgIpc) is 3.11. The Bertz CT molecular complexity index is 1200. The summed E-state index contributed by atoms with van der Waals surface area (Å²) < 4.78 is 3.42. The van der Waals surface area contributed by atoms with Gasteiger partial charge in [-0.1, -0.05) is 35.5 Å².